The van der Waals surface area contributed by atoms with Gasteiger partial charge in [0.1, 0.15) is 17.0 Å². The minimum atomic E-state index is 0.0605. The van der Waals surface area contributed by atoms with Crippen molar-refractivity contribution in [3.05, 3.63) is 24.5 Å². The highest BCUT2D eigenvalue weighted by atomic mass is 16.5. The Labute approximate surface area is 113 Å². The molecule has 0 saturated heterocycles. The molecule has 1 N–H and O–H groups in total. The molecule has 0 radical (unpaired) electrons. The van der Waals surface area contributed by atoms with Crippen LogP contribution in [-0.4, -0.2) is 44.1 Å². The van der Waals surface area contributed by atoms with Crippen LogP contribution in [0.15, 0.2) is 24.5 Å². The first-order valence-corrected chi connectivity index (χ1v) is 5.72. The molecule has 0 amide bonds. The first kappa shape index (κ1) is 12.2. The van der Waals surface area contributed by atoms with Gasteiger partial charge in [-0.1, -0.05) is 0 Å². The maximum Gasteiger partial charge on any atom is 0.319 e. The Balaban J connectivity index is 2.19. The quantitative estimate of drug-likeness (QED) is 0.757. The van der Waals surface area contributed by atoms with E-state index >= 15 is 0 Å². The van der Waals surface area contributed by atoms with Crippen LogP contribution >= 0.6 is 0 Å². The smallest absolute Gasteiger partial charge is 0.319 e. The number of fused-ring (bicyclic) bond motifs is 1. The predicted octanol–water partition coefficient (Wildman–Crippen LogP) is 0.909. The molecule has 0 aromatic carbocycles. The van der Waals surface area contributed by atoms with Gasteiger partial charge in [0.2, 0.25) is 5.88 Å². The first-order chi connectivity index (χ1) is 9.72. The van der Waals surface area contributed by atoms with Crippen LogP contribution in [0.25, 0.3) is 16.8 Å². The van der Waals surface area contributed by atoms with E-state index < -0.39 is 0 Å². The summed E-state index contributed by atoms with van der Waals surface area (Å²) in [5.41, 5.74) is 1.49. The Kier molecular flexibility index (Phi) is 2.82. The molecule has 0 aliphatic rings. The van der Waals surface area contributed by atoms with Crippen LogP contribution in [0.3, 0.4) is 0 Å². The SMILES string of the molecule is COc1ncc(-c2cc(O)c3ccnn3n2)c(OC)n1. The van der Waals surface area contributed by atoms with Crippen LogP contribution < -0.4 is 9.47 Å². The van der Waals surface area contributed by atoms with Crippen molar-refractivity contribution in [2.75, 3.05) is 14.2 Å². The van der Waals surface area contributed by atoms with Gasteiger partial charge in [0, 0.05) is 12.3 Å². The van der Waals surface area contributed by atoms with Crippen LogP contribution in [0.4, 0.5) is 0 Å². The number of ether oxygens (including phenoxy) is 2. The van der Waals surface area contributed by atoms with E-state index in [1.54, 1.807) is 12.3 Å². The second-order valence-electron chi connectivity index (χ2n) is 3.90. The molecule has 0 saturated carbocycles. The van der Waals surface area contributed by atoms with Crippen LogP contribution in [0, 0.1) is 0 Å². The number of nitrogens with zero attached hydrogens (tertiary/aromatic N) is 5. The van der Waals surface area contributed by atoms with Gasteiger partial charge < -0.3 is 14.6 Å². The third-order valence-corrected chi connectivity index (χ3v) is 2.75. The second-order valence-corrected chi connectivity index (χ2v) is 3.90. The largest absolute Gasteiger partial charge is 0.506 e. The molecule has 0 aliphatic carbocycles. The third-order valence-electron chi connectivity index (χ3n) is 2.75. The van der Waals surface area contributed by atoms with Gasteiger partial charge in [-0.3, -0.25) is 0 Å². The first-order valence-electron chi connectivity index (χ1n) is 5.72. The topological polar surface area (TPSA) is 94.7 Å². The lowest BCUT2D eigenvalue weighted by Crippen LogP contribution is -2.01. The fraction of sp³-hybridized carbons (Fsp3) is 0.167. The van der Waals surface area contributed by atoms with E-state index in [1.807, 2.05) is 0 Å². The summed E-state index contributed by atoms with van der Waals surface area (Å²) in [4.78, 5) is 8.09. The fourth-order valence-electron chi connectivity index (χ4n) is 1.81. The molecule has 0 aliphatic heterocycles. The van der Waals surface area contributed by atoms with E-state index in [0.29, 0.717) is 22.7 Å². The number of hydrogen-bond acceptors (Lipinski definition) is 7. The Morgan fingerprint density at radius 1 is 1.25 bits per heavy atom. The molecule has 102 valence electrons. The van der Waals surface area contributed by atoms with E-state index in [0.717, 1.165) is 0 Å². The number of aromatic hydroxyl groups is 1. The Bertz CT molecular complexity index is 771. The van der Waals surface area contributed by atoms with Crippen LogP contribution in [0.2, 0.25) is 0 Å². The molecular weight excluding hydrogens is 262 g/mol. The van der Waals surface area contributed by atoms with Crippen LogP contribution in [0.1, 0.15) is 0 Å². The monoisotopic (exact) mass is 273 g/mol. The maximum absolute atomic E-state index is 9.96. The molecule has 0 atom stereocenters. The minimum absolute atomic E-state index is 0.0605. The van der Waals surface area contributed by atoms with Gasteiger partial charge in [0.05, 0.1) is 26.0 Å². The minimum Gasteiger partial charge on any atom is -0.506 e. The number of aromatic nitrogens is 5. The molecule has 3 aromatic heterocycles. The average Bonchev–Trinajstić information content (AvgIpc) is 2.95. The Morgan fingerprint density at radius 2 is 2.10 bits per heavy atom. The van der Waals surface area contributed by atoms with Crippen molar-refractivity contribution in [3.63, 3.8) is 0 Å². The number of rotatable bonds is 3. The van der Waals surface area contributed by atoms with E-state index in [9.17, 15) is 5.11 Å². The molecule has 3 heterocycles. The number of methoxy groups -OCH3 is 2. The third kappa shape index (κ3) is 1.87. The summed E-state index contributed by atoms with van der Waals surface area (Å²) >= 11 is 0. The summed E-state index contributed by atoms with van der Waals surface area (Å²) in [7, 11) is 2.95. The van der Waals surface area contributed by atoms with Gasteiger partial charge in [-0.05, 0) is 6.07 Å². The maximum atomic E-state index is 9.96. The van der Waals surface area contributed by atoms with Gasteiger partial charge >= 0.3 is 6.01 Å². The van der Waals surface area contributed by atoms with Gasteiger partial charge in [-0.2, -0.15) is 10.1 Å². The van der Waals surface area contributed by atoms with Crippen molar-refractivity contribution in [2.45, 2.75) is 0 Å². The fourth-order valence-corrected chi connectivity index (χ4v) is 1.81. The van der Waals surface area contributed by atoms with Crippen molar-refractivity contribution in [2.24, 2.45) is 0 Å². The van der Waals surface area contributed by atoms with E-state index in [4.69, 9.17) is 9.47 Å². The van der Waals surface area contributed by atoms with Crippen molar-refractivity contribution in [1.29, 1.82) is 0 Å². The van der Waals surface area contributed by atoms with Crippen molar-refractivity contribution >= 4 is 5.52 Å². The summed E-state index contributed by atoms with van der Waals surface area (Å²) < 4.78 is 11.5. The van der Waals surface area contributed by atoms with Crippen molar-refractivity contribution in [3.8, 4) is 28.9 Å². The Hall–Kier alpha value is -2.90. The normalized spacial score (nSPS) is 10.7. The van der Waals surface area contributed by atoms with E-state index in [1.165, 1.54) is 31.1 Å². The van der Waals surface area contributed by atoms with Gasteiger partial charge in [-0.25, -0.2) is 4.98 Å². The van der Waals surface area contributed by atoms with Gasteiger partial charge in [-0.15, -0.1) is 9.73 Å². The van der Waals surface area contributed by atoms with Crippen LogP contribution in [0.5, 0.6) is 17.6 Å². The molecule has 20 heavy (non-hydrogen) atoms. The average molecular weight is 273 g/mol. The molecule has 0 unspecified atom stereocenters. The van der Waals surface area contributed by atoms with Gasteiger partial charge in [0.15, 0.2) is 0 Å². The summed E-state index contributed by atoms with van der Waals surface area (Å²) in [6.07, 6.45) is 3.06. The molecule has 3 rings (SSSR count). The van der Waals surface area contributed by atoms with E-state index in [2.05, 4.69) is 20.2 Å². The molecule has 0 spiro atoms. The molecule has 8 nitrogen and oxygen atoms in total. The second kappa shape index (κ2) is 4.65. The molecule has 3 aromatic rings. The molecule has 0 bridgehead atoms. The zero-order chi connectivity index (χ0) is 14.1. The van der Waals surface area contributed by atoms with Crippen molar-refractivity contribution in [1.82, 2.24) is 24.8 Å². The summed E-state index contributed by atoms with van der Waals surface area (Å²) in [6.45, 7) is 0. The highest BCUT2D eigenvalue weighted by molar-refractivity contribution is 5.69. The zero-order valence-electron chi connectivity index (χ0n) is 10.8. The summed E-state index contributed by atoms with van der Waals surface area (Å²) in [5, 5.41) is 18.2. The highest BCUT2D eigenvalue weighted by Gasteiger charge is 2.14. The van der Waals surface area contributed by atoms with Gasteiger partial charge in [0.25, 0.3) is 0 Å². The standard InChI is InChI=1S/C12H11N5O3/c1-19-11-7(6-13-12(15-11)20-2)8-5-10(18)9-3-4-14-17(9)16-8/h3-6,18H,1-2H3. The summed E-state index contributed by atoms with van der Waals surface area (Å²) in [5.74, 6) is 0.362. The predicted molar refractivity (Wildman–Crippen MR) is 68.8 cm³/mol. The molecule has 8 heteroatoms. The van der Waals surface area contributed by atoms with Crippen LogP contribution in [-0.2, 0) is 0 Å². The Morgan fingerprint density at radius 3 is 2.85 bits per heavy atom. The van der Waals surface area contributed by atoms with Crippen molar-refractivity contribution < 1.29 is 14.6 Å². The zero-order valence-corrected chi connectivity index (χ0v) is 10.8. The highest BCUT2D eigenvalue weighted by Crippen LogP contribution is 2.30. The number of hydrogen-bond donors (Lipinski definition) is 1. The lowest BCUT2D eigenvalue weighted by atomic mass is 10.2. The summed E-state index contributed by atoms with van der Waals surface area (Å²) in [6, 6.07) is 3.36. The molecular formula is C12H11N5O3. The lowest BCUT2D eigenvalue weighted by Gasteiger charge is -2.08. The van der Waals surface area contributed by atoms with E-state index in [-0.39, 0.29) is 11.8 Å². The lowest BCUT2D eigenvalue weighted by molar-refractivity contribution is 0.353. The molecule has 0 fully saturated rings.